The second-order valence-electron chi connectivity index (χ2n) is 22.0. The summed E-state index contributed by atoms with van der Waals surface area (Å²) < 4.78 is 151. The van der Waals surface area contributed by atoms with Gasteiger partial charge >= 0.3 is 12.4 Å². The molecule has 0 aliphatic heterocycles. The summed E-state index contributed by atoms with van der Waals surface area (Å²) in [5.41, 5.74) is -9.07. The van der Waals surface area contributed by atoms with Crippen LogP contribution >= 0.6 is 0 Å². The lowest BCUT2D eigenvalue weighted by molar-refractivity contribution is -0.138. The zero-order chi connectivity index (χ0) is 67.7. The highest BCUT2D eigenvalue weighted by Crippen LogP contribution is 2.35. The van der Waals surface area contributed by atoms with Gasteiger partial charge in [-0.3, -0.25) is 38.4 Å². The molecule has 0 aliphatic carbocycles. The molecule has 10 aromatic carbocycles. The van der Waals surface area contributed by atoms with Crippen molar-refractivity contribution in [3.63, 3.8) is 0 Å². The molecule has 0 saturated carbocycles. The molecule has 0 unspecified atom stereocenters. The molecule has 0 aliphatic rings. The molecule has 0 radical (unpaired) electrons. The van der Waals surface area contributed by atoms with Crippen LogP contribution in [0, 0.1) is 0 Å². The molecule has 0 N–H and O–H groups in total. The molecular formula is C70H36F6N4O14S2. The van der Waals surface area contributed by atoms with Gasteiger partial charge in [-0.05, 0) is 169 Å². The predicted octanol–water partition coefficient (Wildman–Crippen LogP) is 11.0. The predicted molar refractivity (Wildman–Crippen MR) is 341 cm³/mol. The summed E-state index contributed by atoms with van der Waals surface area (Å²) >= 11 is 0. The van der Waals surface area contributed by atoms with Crippen LogP contribution in [0.5, 0.6) is 23.0 Å². The molecular weight excluding hydrogens is 1300 g/mol. The fraction of sp³-hybridized carbons (Fsp3) is 0.0286. The van der Waals surface area contributed by atoms with E-state index >= 15 is 0 Å². The molecule has 96 heavy (non-hydrogen) atoms. The Balaban J connectivity index is 0.627. The normalized spacial score (nSPS) is 12.4. The van der Waals surface area contributed by atoms with Crippen LogP contribution in [-0.2, 0) is 32.0 Å². The maximum atomic E-state index is 13.8. The average Bonchev–Trinajstić information content (AvgIpc) is 1.58. The molecule has 474 valence electrons. The van der Waals surface area contributed by atoms with E-state index in [0.717, 1.165) is 69.8 Å². The number of fused-ring (bicyclic) bond motifs is 4. The van der Waals surface area contributed by atoms with Gasteiger partial charge in [-0.15, -0.1) is 0 Å². The highest BCUT2D eigenvalue weighted by Gasteiger charge is 2.33. The average molecular weight is 1340 g/mol. The Bertz CT molecular complexity index is 5780. The van der Waals surface area contributed by atoms with E-state index in [-0.39, 0.29) is 108 Å². The maximum Gasteiger partial charge on any atom is 0.416 e. The Morgan fingerprint density at radius 3 is 0.740 bits per heavy atom. The number of rotatable bonds is 13. The summed E-state index contributed by atoms with van der Waals surface area (Å²) in [6.45, 7) is 0. The lowest BCUT2D eigenvalue weighted by atomic mass is 10.1. The standard InChI is InChI=1S/C70H36F6N4O14S2/c71-69(72,73)39-5-1-7-41(29-39)77-61(81)53-33-57-58(34-54(53)62(77)82)66(86)79(65(57)85)43-9-3-11-47(31-43)93-45-17-25-51(26-18-45)95(89,90)49-21-13-37(14-22-49)38-15-23-50(24-16-38)96(91,92)52-27-19-46(20-28-52)94-48-12-4-10-44(32-48)80-67(87)59-35-55-56(36-60(59)68(80)88)64(84)78(63(55)83)42-8-2-6-40(30-42)70(74,75)76/h1-36H. The third-order valence-corrected chi connectivity index (χ3v) is 19.8. The number of aromatic nitrogens is 4. The monoisotopic (exact) mass is 1330 g/mol. The van der Waals surface area contributed by atoms with E-state index in [1.807, 2.05) is 0 Å². The van der Waals surface area contributed by atoms with Gasteiger partial charge in [0.25, 0.3) is 44.5 Å². The Kier molecular flexibility index (Phi) is 14.2. The Morgan fingerprint density at radius 1 is 0.260 bits per heavy atom. The third kappa shape index (κ3) is 10.3. The van der Waals surface area contributed by atoms with Crippen LogP contribution in [0.3, 0.4) is 0 Å². The van der Waals surface area contributed by atoms with Crippen molar-refractivity contribution >= 4 is 62.8 Å². The first-order valence-electron chi connectivity index (χ1n) is 28.4. The van der Waals surface area contributed by atoms with E-state index in [0.29, 0.717) is 32.4 Å². The second-order valence-corrected chi connectivity index (χ2v) is 25.9. The van der Waals surface area contributed by atoms with Gasteiger partial charge in [0.15, 0.2) is 0 Å². The van der Waals surface area contributed by atoms with Gasteiger partial charge in [0, 0.05) is 12.1 Å². The van der Waals surface area contributed by atoms with Gasteiger partial charge in [0.2, 0.25) is 19.7 Å². The number of hydrogen-bond acceptors (Lipinski definition) is 14. The summed E-state index contributed by atoms with van der Waals surface area (Å²) in [5.74, 6) is 0.579. The number of sulfone groups is 2. The molecule has 0 amide bonds. The van der Waals surface area contributed by atoms with Gasteiger partial charge in [0.1, 0.15) is 23.0 Å². The van der Waals surface area contributed by atoms with Crippen molar-refractivity contribution in [2.24, 2.45) is 0 Å². The van der Waals surface area contributed by atoms with Crippen LogP contribution in [0.25, 0.3) is 77.0 Å². The number of ether oxygens (including phenoxy) is 2. The Morgan fingerprint density at radius 2 is 0.490 bits per heavy atom. The Hall–Kier alpha value is -12.2. The van der Waals surface area contributed by atoms with Crippen LogP contribution < -0.4 is 53.9 Å². The zero-order valence-corrected chi connectivity index (χ0v) is 50.0. The van der Waals surface area contributed by atoms with Gasteiger partial charge in [-0.2, -0.15) is 26.3 Å². The quantitative estimate of drug-likeness (QED) is 0.0975. The largest absolute Gasteiger partial charge is 0.457 e. The smallest absolute Gasteiger partial charge is 0.416 e. The Labute approximate surface area is 532 Å². The topological polar surface area (TPSA) is 243 Å². The minimum atomic E-state index is -4.76. The summed E-state index contributed by atoms with van der Waals surface area (Å²) in [6, 6.07) is 45.6. The van der Waals surface area contributed by atoms with E-state index in [1.54, 1.807) is 24.3 Å². The summed E-state index contributed by atoms with van der Waals surface area (Å²) in [4.78, 5) is 109. The van der Waals surface area contributed by atoms with Gasteiger partial charge in [-0.25, -0.2) is 35.1 Å². The first kappa shape index (κ1) is 61.4. The second kappa shape index (κ2) is 22.3. The molecule has 14 aromatic rings. The molecule has 0 atom stereocenters. The van der Waals surface area contributed by atoms with Crippen LogP contribution in [0.15, 0.2) is 276 Å². The lowest BCUT2D eigenvalue weighted by Gasteiger charge is -2.10. The van der Waals surface area contributed by atoms with E-state index in [4.69, 9.17) is 9.47 Å². The number of hydrogen-bond donors (Lipinski definition) is 0. The van der Waals surface area contributed by atoms with Crippen molar-refractivity contribution in [1.82, 2.24) is 18.3 Å². The van der Waals surface area contributed by atoms with Crippen molar-refractivity contribution < 1.29 is 52.7 Å². The van der Waals surface area contributed by atoms with Crippen molar-refractivity contribution in [1.29, 1.82) is 0 Å². The van der Waals surface area contributed by atoms with Gasteiger partial charge < -0.3 is 9.47 Å². The minimum Gasteiger partial charge on any atom is -0.457 e. The molecule has 0 spiro atoms. The molecule has 4 aromatic heterocycles. The van der Waals surface area contributed by atoms with Crippen LogP contribution in [0.1, 0.15) is 11.1 Å². The first-order chi connectivity index (χ1) is 45.6. The molecule has 0 fully saturated rings. The van der Waals surface area contributed by atoms with Crippen molar-refractivity contribution in [2.45, 2.75) is 31.9 Å². The number of halogens is 6. The third-order valence-electron chi connectivity index (χ3n) is 16.2. The lowest BCUT2D eigenvalue weighted by Crippen LogP contribution is -2.24. The molecule has 0 saturated heterocycles. The number of nitrogens with zero attached hydrogens (tertiary/aromatic N) is 4. The van der Waals surface area contributed by atoms with E-state index in [1.165, 1.54) is 121 Å². The zero-order valence-electron chi connectivity index (χ0n) is 48.4. The van der Waals surface area contributed by atoms with Gasteiger partial charge in [0.05, 0.1) is 96.5 Å². The molecule has 26 heteroatoms. The molecule has 0 bridgehead atoms. The van der Waals surface area contributed by atoms with E-state index in [2.05, 4.69) is 0 Å². The highest BCUT2D eigenvalue weighted by molar-refractivity contribution is 7.91. The van der Waals surface area contributed by atoms with Crippen LogP contribution in [0.4, 0.5) is 26.3 Å². The number of benzene rings is 10. The van der Waals surface area contributed by atoms with Crippen molar-refractivity contribution in [3.8, 4) is 56.9 Å². The van der Waals surface area contributed by atoms with E-state index < -0.39 is 87.6 Å². The molecule has 18 nitrogen and oxygen atoms in total. The summed E-state index contributed by atoms with van der Waals surface area (Å²) in [5, 5.41) is -2.01. The minimum absolute atomic E-state index is 0.0387. The van der Waals surface area contributed by atoms with Crippen molar-refractivity contribution in [2.75, 3.05) is 0 Å². The fourth-order valence-electron chi connectivity index (χ4n) is 11.5. The van der Waals surface area contributed by atoms with Crippen LogP contribution in [-0.4, -0.2) is 35.1 Å². The van der Waals surface area contributed by atoms with Gasteiger partial charge in [-0.1, -0.05) is 48.5 Å². The molecule has 4 heterocycles. The van der Waals surface area contributed by atoms with Crippen molar-refractivity contribution in [3.05, 3.63) is 312 Å². The maximum absolute atomic E-state index is 13.8. The summed E-state index contributed by atoms with van der Waals surface area (Å²) in [7, 11) is -8.22. The SMILES string of the molecule is O=c1c2cc3c(=O)n(-c4cccc(C(F)(F)F)c4)c(=O)c3cc2c(=O)n1-c1cccc(Oc2ccc(S(=O)(=O)c3ccc(-c4ccc(S(=O)(=O)c5ccc(Oc6cccc(-n7c(=O)c8cc9c(=O)n(-c%10cccc(C(F)(F)F)c%10)c(=O)c9cc8c7=O)c6)cc5)cc4)cc3)cc2)c1. The van der Waals surface area contributed by atoms with E-state index in [9.17, 15) is 81.5 Å². The van der Waals surface area contributed by atoms with Crippen LogP contribution in [0.2, 0.25) is 0 Å². The highest BCUT2D eigenvalue weighted by atomic mass is 32.2. The fourth-order valence-corrected chi connectivity index (χ4v) is 14.0. The number of alkyl halides is 6. The summed E-state index contributed by atoms with van der Waals surface area (Å²) in [6.07, 6.45) is -9.53. The molecule has 14 rings (SSSR count). The first-order valence-corrected chi connectivity index (χ1v) is 31.3.